The van der Waals surface area contributed by atoms with Crippen LogP contribution in [0.4, 0.5) is 11.4 Å². The first-order valence-corrected chi connectivity index (χ1v) is 10.3. The van der Waals surface area contributed by atoms with Crippen LogP contribution < -0.4 is 16.0 Å². The van der Waals surface area contributed by atoms with Gasteiger partial charge in [-0.3, -0.25) is 9.59 Å². The highest BCUT2D eigenvalue weighted by Crippen LogP contribution is 2.36. The molecule has 1 atom stereocenters. The van der Waals surface area contributed by atoms with Gasteiger partial charge in [-0.25, -0.2) is 4.99 Å². The minimum atomic E-state index is -1.07. The summed E-state index contributed by atoms with van der Waals surface area (Å²) in [5.74, 6) is -0.743. The first-order valence-electron chi connectivity index (χ1n) is 9.95. The Hall–Kier alpha value is -3.64. The SMILES string of the molecule is Nc1cc(Cl)ccc1C(=O)NC1N=C(c2ccccc2)c2cccc3c2N(CC3)C1=O. The van der Waals surface area contributed by atoms with Gasteiger partial charge in [0.05, 0.1) is 17.0 Å². The van der Waals surface area contributed by atoms with E-state index in [1.54, 1.807) is 17.0 Å². The topological polar surface area (TPSA) is 87.8 Å². The molecule has 0 bridgehead atoms. The predicted molar refractivity (Wildman–Crippen MR) is 122 cm³/mol. The summed E-state index contributed by atoms with van der Waals surface area (Å²) in [6.45, 7) is 0.554. The maximum absolute atomic E-state index is 13.4. The van der Waals surface area contributed by atoms with E-state index in [-0.39, 0.29) is 17.2 Å². The number of carbonyl (C=O) groups excluding carboxylic acids is 2. The van der Waals surface area contributed by atoms with Crippen LogP contribution in [0.25, 0.3) is 0 Å². The number of anilines is 2. The molecular formula is C24H19ClN4O2. The van der Waals surface area contributed by atoms with Crippen LogP contribution in [-0.4, -0.2) is 30.2 Å². The summed E-state index contributed by atoms with van der Waals surface area (Å²) in [6.07, 6.45) is -0.307. The van der Waals surface area contributed by atoms with Crippen LogP contribution in [0.2, 0.25) is 5.02 Å². The highest BCUT2D eigenvalue weighted by atomic mass is 35.5. The molecule has 3 aromatic rings. The molecule has 2 aliphatic heterocycles. The fourth-order valence-corrected chi connectivity index (χ4v) is 4.31. The van der Waals surface area contributed by atoms with Gasteiger partial charge in [0.1, 0.15) is 0 Å². The Balaban J connectivity index is 1.60. The van der Waals surface area contributed by atoms with E-state index in [0.717, 1.165) is 28.8 Å². The molecule has 1 unspecified atom stereocenters. The fourth-order valence-electron chi connectivity index (χ4n) is 4.13. The van der Waals surface area contributed by atoms with Crippen molar-refractivity contribution in [2.24, 2.45) is 4.99 Å². The normalized spacial score (nSPS) is 17.1. The van der Waals surface area contributed by atoms with Gasteiger partial charge in [-0.1, -0.05) is 60.1 Å². The average molecular weight is 431 g/mol. The van der Waals surface area contributed by atoms with Gasteiger partial charge in [-0.2, -0.15) is 0 Å². The summed E-state index contributed by atoms with van der Waals surface area (Å²) >= 11 is 5.95. The van der Waals surface area contributed by atoms with Crippen molar-refractivity contribution in [1.29, 1.82) is 0 Å². The number of hydrogen-bond acceptors (Lipinski definition) is 4. The van der Waals surface area contributed by atoms with E-state index in [1.165, 1.54) is 6.07 Å². The first-order chi connectivity index (χ1) is 15.0. The molecule has 3 N–H and O–H groups in total. The zero-order valence-corrected chi connectivity index (χ0v) is 17.3. The molecule has 0 aromatic heterocycles. The number of nitrogens with one attached hydrogen (secondary N) is 1. The lowest BCUT2D eigenvalue weighted by Crippen LogP contribution is -2.47. The lowest BCUT2D eigenvalue weighted by Gasteiger charge is -2.21. The fraction of sp³-hybridized carbons (Fsp3) is 0.125. The zero-order chi connectivity index (χ0) is 21.5. The standard InChI is InChI=1S/C24H19ClN4O2/c25-16-9-10-17(19(26)13-16)23(30)28-22-24(31)29-12-11-15-7-4-8-18(21(15)29)20(27-22)14-5-2-1-3-6-14/h1-10,13,22H,11-12,26H2,(H,28,30). The summed E-state index contributed by atoms with van der Waals surface area (Å²) in [6, 6.07) is 20.3. The molecule has 0 saturated heterocycles. The van der Waals surface area contributed by atoms with Crippen LogP contribution in [-0.2, 0) is 11.2 Å². The predicted octanol–water partition coefficient (Wildman–Crippen LogP) is 3.42. The van der Waals surface area contributed by atoms with Crippen molar-refractivity contribution in [3.63, 3.8) is 0 Å². The Morgan fingerprint density at radius 1 is 1.10 bits per heavy atom. The van der Waals surface area contributed by atoms with Gasteiger partial charge >= 0.3 is 0 Å². The van der Waals surface area contributed by atoms with Crippen LogP contribution in [0.15, 0.2) is 71.7 Å². The van der Waals surface area contributed by atoms with Gasteiger partial charge in [-0.15, -0.1) is 0 Å². The Morgan fingerprint density at radius 2 is 1.90 bits per heavy atom. The second kappa shape index (κ2) is 7.56. The number of hydrogen-bond donors (Lipinski definition) is 2. The minimum absolute atomic E-state index is 0.241. The third-order valence-corrected chi connectivity index (χ3v) is 5.82. The molecule has 7 heteroatoms. The van der Waals surface area contributed by atoms with Gasteiger partial charge in [0, 0.05) is 28.4 Å². The largest absolute Gasteiger partial charge is 0.398 e. The van der Waals surface area contributed by atoms with E-state index in [4.69, 9.17) is 22.3 Å². The third kappa shape index (κ3) is 3.35. The second-order valence-corrected chi connectivity index (χ2v) is 7.94. The number of nitrogens with zero attached hydrogens (tertiary/aromatic N) is 2. The number of rotatable bonds is 3. The molecule has 0 fully saturated rings. The minimum Gasteiger partial charge on any atom is -0.398 e. The van der Waals surface area contributed by atoms with Crippen LogP contribution in [0.3, 0.4) is 0 Å². The van der Waals surface area contributed by atoms with Gasteiger partial charge in [0.2, 0.25) is 6.17 Å². The molecule has 0 aliphatic carbocycles. The molecule has 2 amide bonds. The maximum Gasteiger partial charge on any atom is 0.272 e. The van der Waals surface area contributed by atoms with Crippen LogP contribution in [0.5, 0.6) is 0 Å². The van der Waals surface area contributed by atoms with E-state index in [1.807, 2.05) is 48.5 Å². The molecule has 31 heavy (non-hydrogen) atoms. The molecule has 2 heterocycles. The van der Waals surface area contributed by atoms with E-state index in [0.29, 0.717) is 17.3 Å². The summed E-state index contributed by atoms with van der Waals surface area (Å²) < 4.78 is 0. The molecule has 6 nitrogen and oxygen atoms in total. The number of halogens is 1. The summed E-state index contributed by atoms with van der Waals surface area (Å²) in [4.78, 5) is 32.8. The van der Waals surface area contributed by atoms with Crippen LogP contribution in [0.1, 0.15) is 27.0 Å². The number of aliphatic imine (C=N–C) groups is 1. The van der Waals surface area contributed by atoms with Crippen molar-refractivity contribution in [2.45, 2.75) is 12.6 Å². The van der Waals surface area contributed by atoms with Crippen molar-refractivity contribution < 1.29 is 9.59 Å². The molecule has 3 aromatic carbocycles. The maximum atomic E-state index is 13.4. The van der Waals surface area contributed by atoms with Crippen LogP contribution >= 0.6 is 11.6 Å². The average Bonchev–Trinajstić information content (AvgIpc) is 3.16. The van der Waals surface area contributed by atoms with Crippen LogP contribution in [0, 0.1) is 0 Å². The third-order valence-electron chi connectivity index (χ3n) is 5.58. The van der Waals surface area contributed by atoms with E-state index < -0.39 is 12.1 Å². The van der Waals surface area contributed by atoms with E-state index in [2.05, 4.69) is 5.32 Å². The summed E-state index contributed by atoms with van der Waals surface area (Å²) in [5, 5.41) is 3.20. The van der Waals surface area contributed by atoms with Crippen molar-refractivity contribution >= 4 is 40.5 Å². The summed E-state index contributed by atoms with van der Waals surface area (Å²) in [7, 11) is 0. The first kappa shape index (κ1) is 19.3. The number of nitrogens with two attached hydrogens (primary N) is 1. The Bertz CT molecular complexity index is 1240. The zero-order valence-electron chi connectivity index (χ0n) is 16.5. The molecule has 0 spiro atoms. The molecule has 154 valence electrons. The molecular weight excluding hydrogens is 412 g/mol. The van der Waals surface area contributed by atoms with Crippen molar-refractivity contribution in [3.05, 3.63) is 94.0 Å². The Kier molecular flexibility index (Phi) is 4.71. The van der Waals surface area contributed by atoms with Gasteiger partial charge in [0.25, 0.3) is 11.8 Å². The van der Waals surface area contributed by atoms with E-state index >= 15 is 0 Å². The van der Waals surface area contributed by atoms with Gasteiger partial charge in [-0.05, 0) is 30.2 Å². The number of amides is 2. The molecule has 2 aliphatic rings. The highest BCUT2D eigenvalue weighted by Gasteiger charge is 2.37. The quantitative estimate of drug-likeness (QED) is 0.624. The molecule has 0 saturated carbocycles. The Labute approximate surface area is 184 Å². The monoisotopic (exact) mass is 430 g/mol. The number of nitrogen functional groups attached to an aromatic ring is 1. The molecule has 5 rings (SSSR count). The van der Waals surface area contributed by atoms with Gasteiger partial charge in [0.15, 0.2) is 0 Å². The van der Waals surface area contributed by atoms with Crippen molar-refractivity contribution in [1.82, 2.24) is 5.32 Å². The van der Waals surface area contributed by atoms with Gasteiger partial charge < -0.3 is 16.0 Å². The number of carbonyl (C=O) groups is 2. The highest BCUT2D eigenvalue weighted by molar-refractivity contribution is 6.31. The van der Waals surface area contributed by atoms with E-state index in [9.17, 15) is 9.59 Å². The smallest absolute Gasteiger partial charge is 0.272 e. The summed E-state index contributed by atoms with van der Waals surface area (Å²) in [5.41, 5.74) is 10.9. The lowest BCUT2D eigenvalue weighted by atomic mass is 9.98. The number of para-hydroxylation sites is 1. The van der Waals surface area contributed by atoms with Crippen molar-refractivity contribution in [3.8, 4) is 0 Å². The Morgan fingerprint density at radius 3 is 2.68 bits per heavy atom. The molecule has 0 radical (unpaired) electrons. The number of benzene rings is 3. The van der Waals surface area contributed by atoms with Crippen molar-refractivity contribution in [2.75, 3.05) is 17.2 Å². The lowest BCUT2D eigenvalue weighted by molar-refractivity contribution is -0.120. The second-order valence-electron chi connectivity index (χ2n) is 7.50.